The van der Waals surface area contributed by atoms with E-state index < -0.39 is 40.7 Å². The van der Waals surface area contributed by atoms with Gasteiger partial charge in [-0.15, -0.1) is 0 Å². The van der Waals surface area contributed by atoms with Crippen molar-refractivity contribution in [2.24, 2.45) is 0 Å². The van der Waals surface area contributed by atoms with Crippen molar-refractivity contribution >= 4 is 17.9 Å². The Morgan fingerprint density at radius 3 is 2.62 bits per heavy atom. The molecule has 2 aromatic rings. The summed E-state index contributed by atoms with van der Waals surface area (Å²) in [5.74, 6) is -2.24. The van der Waals surface area contributed by atoms with Crippen molar-refractivity contribution in [3.8, 4) is 11.5 Å². The minimum atomic E-state index is -1.07. The van der Waals surface area contributed by atoms with Crippen molar-refractivity contribution in [2.75, 3.05) is 18.5 Å². The fourth-order valence-corrected chi connectivity index (χ4v) is 3.67. The number of amides is 2. The van der Waals surface area contributed by atoms with Crippen molar-refractivity contribution in [3.63, 3.8) is 0 Å². The van der Waals surface area contributed by atoms with Crippen LogP contribution in [0.2, 0.25) is 0 Å². The van der Waals surface area contributed by atoms with Gasteiger partial charge in [-0.2, -0.15) is 0 Å². The van der Waals surface area contributed by atoms with E-state index in [1.54, 1.807) is 20.8 Å². The molecule has 0 bridgehead atoms. The molecule has 1 spiro atoms. The van der Waals surface area contributed by atoms with Crippen LogP contribution in [0.5, 0.6) is 11.5 Å². The van der Waals surface area contributed by atoms with Gasteiger partial charge < -0.3 is 19.3 Å². The van der Waals surface area contributed by atoms with Gasteiger partial charge >= 0.3 is 12.2 Å². The highest BCUT2D eigenvalue weighted by Crippen LogP contribution is 2.47. The monoisotopic (exact) mass is 448 g/mol. The first-order valence-corrected chi connectivity index (χ1v) is 9.88. The summed E-state index contributed by atoms with van der Waals surface area (Å²) >= 11 is 0. The van der Waals surface area contributed by atoms with Gasteiger partial charge in [0.15, 0.2) is 17.4 Å². The van der Waals surface area contributed by atoms with E-state index in [1.807, 2.05) is 0 Å². The van der Waals surface area contributed by atoms with Gasteiger partial charge in [0.25, 0.3) is 0 Å². The number of benzene rings is 2. The first kappa shape index (κ1) is 21.8. The van der Waals surface area contributed by atoms with E-state index in [4.69, 9.17) is 14.2 Å². The summed E-state index contributed by atoms with van der Waals surface area (Å²) < 4.78 is 44.9. The maximum absolute atomic E-state index is 15.2. The van der Waals surface area contributed by atoms with Gasteiger partial charge in [0.05, 0.1) is 25.4 Å². The Bertz CT molecular complexity index is 1090. The Kier molecular flexibility index (Phi) is 5.20. The minimum absolute atomic E-state index is 0.0225. The summed E-state index contributed by atoms with van der Waals surface area (Å²) in [6.07, 6.45) is -1.62. The normalized spacial score (nSPS) is 16.8. The number of rotatable bonds is 3. The maximum Gasteiger partial charge on any atom is 0.416 e. The van der Waals surface area contributed by atoms with Crippen LogP contribution in [0, 0.1) is 11.6 Å². The summed E-state index contributed by atoms with van der Waals surface area (Å²) in [5.41, 5.74) is -1.52. The van der Waals surface area contributed by atoms with Crippen LogP contribution < -0.4 is 10.1 Å². The van der Waals surface area contributed by atoms with Crippen LogP contribution in [-0.2, 0) is 21.6 Å². The SMILES string of the molecule is CC(C)(C)OC(=O)Nc1cccc(CN2C(=O)Oc3cc(O)c(F)cc3C23COC3)c1F. The standard InChI is InChI=1S/C22H22F2N2O6/c1-21(2,3)32-19(28)25-15-6-4-5-12(18(15)24)9-26-20(29)31-17-8-16(27)14(23)7-13(17)22(26)10-30-11-22/h4-8,27H,9-11H2,1-3H3,(H,25,28). The Hall–Kier alpha value is -3.40. The summed E-state index contributed by atoms with van der Waals surface area (Å²) in [7, 11) is 0. The Morgan fingerprint density at radius 2 is 2.00 bits per heavy atom. The molecule has 0 atom stereocenters. The topological polar surface area (TPSA) is 97.3 Å². The Labute approximate surface area is 182 Å². The lowest BCUT2D eigenvalue weighted by atomic mass is 9.84. The fourth-order valence-electron chi connectivity index (χ4n) is 3.67. The molecular formula is C22H22F2N2O6. The molecule has 1 saturated heterocycles. The number of hydrogen-bond acceptors (Lipinski definition) is 6. The molecule has 2 aromatic carbocycles. The molecule has 0 unspecified atom stereocenters. The Morgan fingerprint density at radius 1 is 1.28 bits per heavy atom. The molecule has 2 N–H and O–H groups in total. The fraction of sp³-hybridized carbons (Fsp3) is 0.364. The van der Waals surface area contributed by atoms with Gasteiger partial charge in [-0.3, -0.25) is 10.2 Å². The lowest BCUT2D eigenvalue weighted by molar-refractivity contribution is -0.143. The van der Waals surface area contributed by atoms with Crippen LogP contribution in [-0.4, -0.2) is 41.0 Å². The number of nitrogens with one attached hydrogen (secondary N) is 1. The zero-order valence-corrected chi connectivity index (χ0v) is 17.7. The predicted octanol–water partition coefficient (Wildman–Crippen LogP) is 4.26. The zero-order valence-electron chi connectivity index (χ0n) is 17.7. The van der Waals surface area contributed by atoms with E-state index in [2.05, 4.69) is 5.32 Å². The molecule has 1 fully saturated rings. The summed E-state index contributed by atoms with van der Waals surface area (Å²) in [5, 5.41) is 12.0. The third-order valence-corrected chi connectivity index (χ3v) is 5.21. The number of nitrogens with zero attached hydrogens (tertiary/aromatic N) is 1. The van der Waals surface area contributed by atoms with E-state index >= 15 is 4.39 Å². The molecule has 4 rings (SSSR count). The van der Waals surface area contributed by atoms with Gasteiger partial charge in [0.2, 0.25) is 0 Å². The highest BCUT2D eigenvalue weighted by molar-refractivity contribution is 5.85. The molecule has 2 amide bonds. The van der Waals surface area contributed by atoms with Gasteiger partial charge in [-0.05, 0) is 32.9 Å². The Balaban J connectivity index is 1.63. The lowest BCUT2D eigenvalue weighted by Crippen LogP contribution is -2.63. The molecule has 0 radical (unpaired) electrons. The summed E-state index contributed by atoms with van der Waals surface area (Å²) in [4.78, 5) is 26.0. The average molecular weight is 448 g/mol. The lowest BCUT2D eigenvalue weighted by Gasteiger charge is -2.51. The van der Waals surface area contributed by atoms with Crippen molar-refractivity contribution < 1.29 is 37.7 Å². The number of anilines is 1. The van der Waals surface area contributed by atoms with E-state index in [9.17, 15) is 19.1 Å². The minimum Gasteiger partial charge on any atom is -0.505 e. The molecule has 0 saturated carbocycles. The second-order valence-corrected chi connectivity index (χ2v) is 8.68. The number of carbonyl (C=O) groups is 2. The second-order valence-electron chi connectivity index (χ2n) is 8.68. The molecule has 8 nitrogen and oxygen atoms in total. The maximum atomic E-state index is 15.2. The number of hydrogen-bond donors (Lipinski definition) is 2. The summed E-state index contributed by atoms with van der Waals surface area (Å²) in [6.45, 7) is 4.93. The number of halogens is 2. The molecular weight excluding hydrogens is 426 g/mol. The number of carbonyl (C=O) groups excluding carboxylic acids is 2. The molecule has 32 heavy (non-hydrogen) atoms. The van der Waals surface area contributed by atoms with Gasteiger partial charge in [0.1, 0.15) is 16.9 Å². The molecule has 0 aromatic heterocycles. The zero-order chi connectivity index (χ0) is 23.3. The van der Waals surface area contributed by atoms with Crippen molar-refractivity contribution in [1.29, 1.82) is 0 Å². The smallest absolute Gasteiger partial charge is 0.416 e. The van der Waals surface area contributed by atoms with Crippen LogP contribution in [0.3, 0.4) is 0 Å². The van der Waals surface area contributed by atoms with E-state index in [0.717, 1.165) is 12.1 Å². The molecule has 0 aliphatic carbocycles. The predicted molar refractivity (Wildman–Crippen MR) is 108 cm³/mol. The summed E-state index contributed by atoms with van der Waals surface area (Å²) in [6, 6.07) is 6.47. The van der Waals surface area contributed by atoms with E-state index in [1.165, 1.54) is 23.1 Å². The molecule has 2 aliphatic rings. The first-order valence-electron chi connectivity index (χ1n) is 9.88. The van der Waals surface area contributed by atoms with Crippen LogP contribution >= 0.6 is 0 Å². The van der Waals surface area contributed by atoms with E-state index in [0.29, 0.717) is 5.56 Å². The molecule has 10 heteroatoms. The van der Waals surface area contributed by atoms with Crippen LogP contribution in [0.1, 0.15) is 31.9 Å². The van der Waals surface area contributed by atoms with Crippen LogP contribution in [0.25, 0.3) is 0 Å². The highest BCUT2D eigenvalue weighted by Gasteiger charge is 2.53. The average Bonchev–Trinajstić information content (AvgIpc) is 2.64. The van der Waals surface area contributed by atoms with Gasteiger partial charge in [-0.25, -0.2) is 18.4 Å². The first-order chi connectivity index (χ1) is 15.0. The van der Waals surface area contributed by atoms with Crippen molar-refractivity contribution in [2.45, 2.75) is 38.5 Å². The quantitative estimate of drug-likeness (QED) is 0.729. The third kappa shape index (κ3) is 3.81. The highest BCUT2D eigenvalue weighted by atomic mass is 19.1. The van der Waals surface area contributed by atoms with Crippen molar-refractivity contribution in [3.05, 3.63) is 53.1 Å². The second kappa shape index (κ2) is 7.63. The number of fused-ring (bicyclic) bond motifs is 2. The largest absolute Gasteiger partial charge is 0.505 e. The molecule has 2 heterocycles. The van der Waals surface area contributed by atoms with Gasteiger partial charge in [0, 0.05) is 17.2 Å². The van der Waals surface area contributed by atoms with E-state index in [-0.39, 0.29) is 36.8 Å². The molecule has 170 valence electrons. The number of ether oxygens (including phenoxy) is 3. The van der Waals surface area contributed by atoms with Crippen LogP contribution in [0.15, 0.2) is 30.3 Å². The van der Waals surface area contributed by atoms with Crippen molar-refractivity contribution in [1.82, 2.24) is 4.90 Å². The number of phenols is 1. The van der Waals surface area contributed by atoms with Gasteiger partial charge in [-0.1, -0.05) is 12.1 Å². The van der Waals surface area contributed by atoms with Crippen LogP contribution in [0.4, 0.5) is 24.1 Å². The number of aromatic hydroxyl groups is 1. The number of phenolic OH excluding ortho intramolecular Hbond substituents is 1. The third-order valence-electron chi connectivity index (χ3n) is 5.21. The molecule has 2 aliphatic heterocycles.